The van der Waals surface area contributed by atoms with E-state index in [1.807, 2.05) is 12.1 Å². The van der Waals surface area contributed by atoms with Gasteiger partial charge in [0.1, 0.15) is 5.82 Å². The second kappa shape index (κ2) is 5.25. The molecule has 1 aliphatic heterocycles. The van der Waals surface area contributed by atoms with Crippen molar-refractivity contribution in [3.63, 3.8) is 0 Å². The van der Waals surface area contributed by atoms with Gasteiger partial charge in [0.15, 0.2) is 0 Å². The number of benzene rings is 2. The Hall–Kier alpha value is -0.870. The van der Waals surface area contributed by atoms with Gasteiger partial charge in [0.05, 0.1) is 0 Å². The third-order valence-electron chi connectivity index (χ3n) is 3.42. The maximum atomic E-state index is 13.5. The summed E-state index contributed by atoms with van der Waals surface area (Å²) in [6.07, 6.45) is 0.966. The van der Waals surface area contributed by atoms with Crippen molar-refractivity contribution in [1.29, 1.82) is 0 Å². The summed E-state index contributed by atoms with van der Waals surface area (Å²) in [4.78, 5) is 2.20. The Kier molecular flexibility index (Phi) is 3.63. The molecule has 0 fully saturated rings. The van der Waals surface area contributed by atoms with Crippen LogP contribution in [0.5, 0.6) is 0 Å². The molecule has 98 valence electrons. The molecule has 2 aromatic rings. The van der Waals surface area contributed by atoms with Crippen molar-refractivity contribution >= 4 is 43.2 Å². The minimum atomic E-state index is -0.178. The van der Waals surface area contributed by atoms with E-state index in [4.69, 9.17) is 0 Å². The van der Waals surface area contributed by atoms with Gasteiger partial charge in [-0.25, -0.2) is 4.39 Å². The Labute approximate surface area is 128 Å². The van der Waals surface area contributed by atoms with Gasteiger partial charge in [0.25, 0.3) is 0 Å². The van der Waals surface area contributed by atoms with Crippen LogP contribution < -0.4 is 4.90 Å². The molecule has 0 atom stereocenters. The van der Waals surface area contributed by atoms with Crippen molar-refractivity contribution < 1.29 is 4.39 Å². The molecule has 3 rings (SSSR count). The molecular formula is C15H12Br2FN. The summed E-state index contributed by atoms with van der Waals surface area (Å²) in [6.45, 7) is 0.903. The molecule has 0 N–H and O–H groups in total. The van der Waals surface area contributed by atoms with Crippen molar-refractivity contribution in [2.24, 2.45) is 0 Å². The molecule has 1 aliphatic rings. The number of fused-ring (bicyclic) bond motifs is 1. The van der Waals surface area contributed by atoms with Crippen LogP contribution >= 0.6 is 31.9 Å². The molecule has 1 nitrogen and oxygen atoms in total. The van der Waals surface area contributed by atoms with Gasteiger partial charge in [-0.2, -0.15) is 0 Å². The summed E-state index contributed by atoms with van der Waals surface area (Å²) in [5.41, 5.74) is 4.55. The minimum absolute atomic E-state index is 0.178. The monoisotopic (exact) mass is 383 g/mol. The summed E-state index contributed by atoms with van der Waals surface area (Å²) < 4.78 is 14.5. The van der Waals surface area contributed by atoms with Crippen LogP contribution in [0.25, 0.3) is 0 Å². The smallest absolute Gasteiger partial charge is 0.125 e. The molecule has 0 amide bonds. The van der Waals surface area contributed by atoms with Crippen LogP contribution in [0.15, 0.2) is 40.9 Å². The van der Waals surface area contributed by atoms with E-state index in [-0.39, 0.29) is 5.82 Å². The van der Waals surface area contributed by atoms with E-state index in [0.29, 0.717) is 0 Å². The first kappa shape index (κ1) is 13.1. The molecule has 0 spiro atoms. The van der Waals surface area contributed by atoms with Crippen molar-refractivity contribution in [3.8, 4) is 0 Å². The van der Waals surface area contributed by atoms with Gasteiger partial charge in [-0.15, -0.1) is 0 Å². The number of rotatable bonds is 2. The maximum Gasteiger partial charge on any atom is 0.125 e. The van der Waals surface area contributed by atoms with Crippen LogP contribution in [0.4, 0.5) is 15.8 Å². The second-order valence-electron chi connectivity index (χ2n) is 4.58. The first-order valence-electron chi connectivity index (χ1n) is 6.09. The third kappa shape index (κ3) is 2.43. The Morgan fingerprint density at radius 1 is 1.11 bits per heavy atom. The summed E-state index contributed by atoms with van der Waals surface area (Å²) in [5.74, 6) is -0.178. The number of anilines is 2. The zero-order chi connectivity index (χ0) is 13.4. The fourth-order valence-corrected chi connectivity index (χ4v) is 3.38. The highest BCUT2D eigenvalue weighted by Crippen LogP contribution is 2.38. The lowest BCUT2D eigenvalue weighted by Gasteiger charge is -2.22. The van der Waals surface area contributed by atoms with Gasteiger partial charge >= 0.3 is 0 Å². The number of alkyl halides is 1. The van der Waals surface area contributed by atoms with E-state index in [9.17, 15) is 4.39 Å². The Morgan fingerprint density at radius 2 is 1.95 bits per heavy atom. The first-order valence-corrected chi connectivity index (χ1v) is 8.01. The molecule has 0 unspecified atom stereocenters. The van der Waals surface area contributed by atoms with Crippen LogP contribution in [0.3, 0.4) is 0 Å². The van der Waals surface area contributed by atoms with Crippen LogP contribution in [0.1, 0.15) is 11.1 Å². The topological polar surface area (TPSA) is 3.24 Å². The average Bonchev–Trinajstić information content (AvgIpc) is 2.81. The van der Waals surface area contributed by atoms with Crippen molar-refractivity contribution in [2.75, 3.05) is 11.4 Å². The predicted molar refractivity (Wildman–Crippen MR) is 83.9 cm³/mol. The molecule has 4 heteroatoms. The normalized spacial score (nSPS) is 13.7. The van der Waals surface area contributed by atoms with Crippen LogP contribution in [-0.2, 0) is 11.8 Å². The second-order valence-corrected chi connectivity index (χ2v) is 6.06. The highest BCUT2D eigenvalue weighted by atomic mass is 79.9. The molecule has 0 saturated heterocycles. The minimum Gasteiger partial charge on any atom is -0.341 e. The highest BCUT2D eigenvalue weighted by Gasteiger charge is 2.22. The first-order chi connectivity index (χ1) is 9.19. The Morgan fingerprint density at radius 3 is 2.74 bits per heavy atom. The van der Waals surface area contributed by atoms with E-state index in [1.54, 1.807) is 6.07 Å². The van der Waals surface area contributed by atoms with Crippen molar-refractivity contribution in [2.45, 2.75) is 11.8 Å². The number of hydrogen-bond acceptors (Lipinski definition) is 1. The SMILES string of the molecule is Fc1ccc2c(c1)N(c1ccc(Br)cc1CBr)CC2. The third-order valence-corrected chi connectivity index (χ3v) is 4.52. The standard InChI is InChI=1S/C15H12Br2FN/c16-9-11-7-12(17)2-4-14(11)19-6-5-10-1-3-13(18)8-15(10)19/h1-4,7-8H,5-6,9H2. The number of halogens is 3. The van der Waals surface area contributed by atoms with E-state index < -0.39 is 0 Å². The lowest BCUT2D eigenvalue weighted by molar-refractivity contribution is 0.628. The molecule has 0 bridgehead atoms. The molecule has 0 aliphatic carbocycles. The molecule has 2 aromatic carbocycles. The summed E-state index contributed by atoms with van der Waals surface area (Å²) in [7, 11) is 0. The molecular weight excluding hydrogens is 373 g/mol. The van der Waals surface area contributed by atoms with Gasteiger partial charge in [-0.3, -0.25) is 0 Å². The summed E-state index contributed by atoms with van der Waals surface area (Å²) in [5, 5.41) is 0.781. The Bertz CT molecular complexity index is 628. The van der Waals surface area contributed by atoms with E-state index in [1.165, 1.54) is 17.2 Å². The molecule has 0 aromatic heterocycles. The largest absolute Gasteiger partial charge is 0.341 e. The predicted octanol–water partition coefficient (Wildman–Crippen LogP) is 5.18. The van der Waals surface area contributed by atoms with Crippen LogP contribution in [-0.4, -0.2) is 6.54 Å². The van der Waals surface area contributed by atoms with Gasteiger partial charge in [-0.1, -0.05) is 37.9 Å². The Balaban J connectivity index is 2.08. The number of nitrogens with zero attached hydrogens (tertiary/aromatic N) is 1. The summed E-state index contributed by atoms with van der Waals surface area (Å²) in [6, 6.07) is 11.3. The zero-order valence-corrected chi connectivity index (χ0v) is 13.3. The van der Waals surface area contributed by atoms with Crippen molar-refractivity contribution in [3.05, 3.63) is 57.8 Å². The van der Waals surface area contributed by atoms with E-state index in [2.05, 4.69) is 48.9 Å². The fourth-order valence-electron chi connectivity index (χ4n) is 2.53. The molecule has 19 heavy (non-hydrogen) atoms. The quantitative estimate of drug-likeness (QED) is 0.645. The fraction of sp³-hybridized carbons (Fsp3) is 0.200. The van der Waals surface area contributed by atoms with Gasteiger partial charge < -0.3 is 4.90 Å². The van der Waals surface area contributed by atoms with Gasteiger partial charge in [0.2, 0.25) is 0 Å². The average molecular weight is 385 g/mol. The lowest BCUT2D eigenvalue weighted by Crippen LogP contribution is -2.15. The highest BCUT2D eigenvalue weighted by molar-refractivity contribution is 9.10. The van der Waals surface area contributed by atoms with Crippen LogP contribution in [0.2, 0.25) is 0 Å². The molecule has 0 radical (unpaired) electrons. The van der Waals surface area contributed by atoms with Crippen molar-refractivity contribution in [1.82, 2.24) is 0 Å². The summed E-state index contributed by atoms with van der Waals surface area (Å²) >= 11 is 7.01. The maximum absolute atomic E-state index is 13.5. The number of hydrogen-bond donors (Lipinski definition) is 0. The van der Waals surface area contributed by atoms with Crippen LogP contribution in [0, 0.1) is 5.82 Å². The van der Waals surface area contributed by atoms with Gasteiger partial charge in [-0.05, 0) is 47.9 Å². The molecule has 0 saturated carbocycles. The van der Waals surface area contributed by atoms with E-state index in [0.717, 1.165) is 34.1 Å². The van der Waals surface area contributed by atoms with E-state index >= 15 is 0 Å². The lowest BCUT2D eigenvalue weighted by atomic mass is 10.1. The molecule has 1 heterocycles. The zero-order valence-electron chi connectivity index (χ0n) is 10.2. The van der Waals surface area contributed by atoms with Gasteiger partial charge in [0, 0.05) is 27.7 Å².